The number of nitrogens with one attached hydrogen (secondary N) is 1. The van der Waals surface area contributed by atoms with E-state index in [1.165, 1.54) is 30.2 Å². The van der Waals surface area contributed by atoms with Gasteiger partial charge in [0.05, 0.1) is 31.2 Å². The van der Waals surface area contributed by atoms with E-state index in [1.54, 1.807) is 12.6 Å². The molecule has 0 radical (unpaired) electrons. The largest absolute Gasteiger partial charge is 0.467 e. The number of ether oxygens (including phenoxy) is 1. The van der Waals surface area contributed by atoms with E-state index in [0.717, 1.165) is 41.9 Å². The molecule has 3 aromatic rings. The highest BCUT2D eigenvalue weighted by Gasteiger charge is 2.27. The van der Waals surface area contributed by atoms with E-state index in [2.05, 4.69) is 15.5 Å². The second-order valence-corrected chi connectivity index (χ2v) is 8.61. The molecule has 0 saturated heterocycles. The van der Waals surface area contributed by atoms with Crippen molar-refractivity contribution in [2.24, 2.45) is 0 Å². The number of rotatable bonds is 7. The van der Waals surface area contributed by atoms with E-state index < -0.39 is 5.97 Å². The Morgan fingerprint density at radius 3 is 3.03 bits per heavy atom. The average molecular weight is 433 g/mol. The van der Waals surface area contributed by atoms with E-state index in [4.69, 9.17) is 9.15 Å². The Morgan fingerprint density at radius 1 is 1.38 bits per heavy atom. The number of anilines is 1. The standard InChI is InChI=1S/C19H20N4O4S2/c1-26-18(25)16-13-6-2-3-7-14(13)29-17(16)21-15(24)10-28-19-22-20-11-23(19)9-12-5-4-8-27-12/h4-5,8,11H,2-3,6-7,9-10H2,1H3,(H,21,24). The van der Waals surface area contributed by atoms with Crippen molar-refractivity contribution in [1.82, 2.24) is 14.8 Å². The first-order chi connectivity index (χ1) is 14.2. The first kappa shape index (κ1) is 19.7. The summed E-state index contributed by atoms with van der Waals surface area (Å²) in [5.41, 5.74) is 1.53. The van der Waals surface area contributed by atoms with Crippen molar-refractivity contribution in [3.8, 4) is 0 Å². The predicted molar refractivity (Wildman–Crippen MR) is 109 cm³/mol. The van der Waals surface area contributed by atoms with Crippen LogP contribution in [0.3, 0.4) is 0 Å². The SMILES string of the molecule is COC(=O)c1c(NC(=O)CSc2nncn2Cc2ccco2)sc2c1CCCC2. The fourth-order valence-corrected chi connectivity index (χ4v) is 5.31. The maximum atomic E-state index is 12.6. The van der Waals surface area contributed by atoms with Gasteiger partial charge in [0.25, 0.3) is 0 Å². The fraction of sp³-hybridized carbons (Fsp3) is 0.368. The van der Waals surface area contributed by atoms with Crippen LogP contribution >= 0.6 is 23.1 Å². The number of amides is 1. The number of aromatic nitrogens is 3. The molecule has 1 amide bonds. The van der Waals surface area contributed by atoms with Gasteiger partial charge < -0.3 is 19.0 Å². The summed E-state index contributed by atoms with van der Waals surface area (Å²) in [5.74, 6) is 0.333. The molecule has 0 saturated carbocycles. The zero-order valence-corrected chi connectivity index (χ0v) is 17.5. The maximum Gasteiger partial charge on any atom is 0.341 e. The molecule has 10 heteroatoms. The summed E-state index contributed by atoms with van der Waals surface area (Å²) in [6.07, 6.45) is 7.14. The molecule has 0 bridgehead atoms. The summed E-state index contributed by atoms with van der Waals surface area (Å²) < 4.78 is 12.1. The Kier molecular flexibility index (Phi) is 6.00. The summed E-state index contributed by atoms with van der Waals surface area (Å²) in [5, 5.41) is 12.1. The van der Waals surface area contributed by atoms with Crippen molar-refractivity contribution < 1.29 is 18.7 Å². The molecule has 0 fully saturated rings. The number of nitrogens with zero attached hydrogens (tertiary/aromatic N) is 3. The fourth-order valence-electron chi connectivity index (χ4n) is 3.30. The highest BCUT2D eigenvalue weighted by Crippen LogP contribution is 2.38. The third-order valence-corrected chi connectivity index (χ3v) is 6.82. The van der Waals surface area contributed by atoms with Gasteiger partial charge in [0.2, 0.25) is 5.91 Å². The highest BCUT2D eigenvalue weighted by molar-refractivity contribution is 7.99. The third kappa shape index (κ3) is 4.38. The molecule has 0 unspecified atom stereocenters. The zero-order valence-electron chi connectivity index (χ0n) is 15.8. The van der Waals surface area contributed by atoms with Crippen LogP contribution in [0.2, 0.25) is 0 Å². The summed E-state index contributed by atoms with van der Waals surface area (Å²) in [6, 6.07) is 3.69. The van der Waals surface area contributed by atoms with Crippen LogP contribution in [-0.4, -0.2) is 39.5 Å². The molecule has 1 aliphatic rings. The van der Waals surface area contributed by atoms with E-state index in [-0.39, 0.29) is 11.7 Å². The van der Waals surface area contributed by atoms with E-state index in [0.29, 0.717) is 22.3 Å². The number of thioether (sulfide) groups is 1. The van der Waals surface area contributed by atoms with Crippen LogP contribution in [0.4, 0.5) is 5.00 Å². The molecular weight excluding hydrogens is 412 g/mol. The minimum absolute atomic E-state index is 0.153. The van der Waals surface area contributed by atoms with Crippen molar-refractivity contribution in [2.45, 2.75) is 37.4 Å². The Labute approximate surface area is 175 Å². The number of carbonyl (C=O) groups excluding carboxylic acids is 2. The molecule has 8 nitrogen and oxygen atoms in total. The smallest absolute Gasteiger partial charge is 0.341 e. The summed E-state index contributed by atoms with van der Waals surface area (Å²) in [7, 11) is 1.36. The zero-order chi connectivity index (χ0) is 20.2. The van der Waals surface area contributed by atoms with Crippen molar-refractivity contribution in [3.05, 3.63) is 46.5 Å². The van der Waals surface area contributed by atoms with Gasteiger partial charge in [0, 0.05) is 4.88 Å². The van der Waals surface area contributed by atoms with Crippen molar-refractivity contribution in [3.63, 3.8) is 0 Å². The van der Waals surface area contributed by atoms with Gasteiger partial charge in [0.15, 0.2) is 5.16 Å². The number of carbonyl (C=O) groups is 2. The van der Waals surface area contributed by atoms with Crippen LogP contribution in [0.5, 0.6) is 0 Å². The molecule has 0 aliphatic heterocycles. The quantitative estimate of drug-likeness (QED) is 0.451. The molecular formula is C19H20N4O4S2. The van der Waals surface area contributed by atoms with Gasteiger partial charge in [-0.05, 0) is 43.4 Å². The summed E-state index contributed by atoms with van der Waals surface area (Å²) >= 11 is 2.76. The third-order valence-electron chi connectivity index (χ3n) is 4.63. The lowest BCUT2D eigenvalue weighted by atomic mass is 9.95. The normalized spacial score (nSPS) is 13.1. The topological polar surface area (TPSA) is 99.2 Å². The second kappa shape index (κ2) is 8.83. The molecule has 3 aromatic heterocycles. The minimum atomic E-state index is -0.398. The number of aryl methyl sites for hydroxylation is 1. The summed E-state index contributed by atoms with van der Waals surface area (Å²) in [6.45, 7) is 0.494. The number of thiophene rings is 1. The maximum absolute atomic E-state index is 12.6. The van der Waals surface area contributed by atoms with Crippen LogP contribution in [0.15, 0.2) is 34.3 Å². The number of hydrogen-bond donors (Lipinski definition) is 1. The Morgan fingerprint density at radius 2 is 2.24 bits per heavy atom. The number of methoxy groups -OCH3 is 1. The number of fused-ring (bicyclic) bond motifs is 1. The van der Waals surface area contributed by atoms with Crippen LogP contribution in [-0.2, 0) is 28.9 Å². The van der Waals surface area contributed by atoms with Crippen molar-refractivity contribution in [2.75, 3.05) is 18.2 Å². The summed E-state index contributed by atoms with van der Waals surface area (Å²) in [4.78, 5) is 26.0. The van der Waals surface area contributed by atoms with E-state index in [1.807, 2.05) is 16.7 Å². The molecule has 29 heavy (non-hydrogen) atoms. The monoisotopic (exact) mass is 432 g/mol. The van der Waals surface area contributed by atoms with Crippen LogP contribution in [0, 0.1) is 0 Å². The van der Waals surface area contributed by atoms with E-state index in [9.17, 15) is 9.59 Å². The first-order valence-electron chi connectivity index (χ1n) is 9.21. The lowest BCUT2D eigenvalue weighted by Gasteiger charge is -2.11. The molecule has 0 aromatic carbocycles. The van der Waals surface area contributed by atoms with Gasteiger partial charge >= 0.3 is 5.97 Å². The number of hydrogen-bond acceptors (Lipinski definition) is 8. The predicted octanol–water partition coefficient (Wildman–Crippen LogP) is 3.38. The van der Waals surface area contributed by atoms with Gasteiger partial charge in [-0.2, -0.15) is 0 Å². The van der Waals surface area contributed by atoms with Gasteiger partial charge in [-0.3, -0.25) is 4.79 Å². The van der Waals surface area contributed by atoms with Crippen LogP contribution in [0.1, 0.15) is 39.4 Å². The van der Waals surface area contributed by atoms with Crippen LogP contribution in [0.25, 0.3) is 0 Å². The lowest BCUT2D eigenvalue weighted by Crippen LogP contribution is -2.17. The Balaban J connectivity index is 1.43. The van der Waals surface area contributed by atoms with Crippen molar-refractivity contribution in [1.29, 1.82) is 0 Å². The molecule has 3 heterocycles. The lowest BCUT2D eigenvalue weighted by molar-refractivity contribution is -0.113. The number of esters is 1. The Bertz CT molecular complexity index is 1010. The van der Waals surface area contributed by atoms with Gasteiger partial charge in [0.1, 0.15) is 17.1 Å². The number of furan rings is 1. The minimum Gasteiger partial charge on any atom is -0.467 e. The van der Waals surface area contributed by atoms with Gasteiger partial charge in [-0.1, -0.05) is 11.8 Å². The van der Waals surface area contributed by atoms with Gasteiger partial charge in [-0.25, -0.2) is 4.79 Å². The molecule has 0 atom stereocenters. The Hall–Kier alpha value is -2.59. The molecule has 4 rings (SSSR count). The average Bonchev–Trinajstić information content (AvgIpc) is 3.46. The molecule has 0 spiro atoms. The van der Waals surface area contributed by atoms with Gasteiger partial charge in [-0.15, -0.1) is 21.5 Å². The molecule has 152 valence electrons. The molecule has 1 aliphatic carbocycles. The highest BCUT2D eigenvalue weighted by atomic mass is 32.2. The van der Waals surface area contributed by atoms with E-state index >= 15 is 0 Å². The molecule has 1 N–H and O–H groups in total. The van der Waals surface area contributed by atoms with Crippen molar-refractivity contribution >= 4 is 40.0 Å². The second-order valence-electron chi connectivity index (χ2n) is 6.56. The van der Waals surface area contributed by atoms with Crippen LogP contribution < -0.4 is 5.32 Å². The first-order valence-corrected chi connectivity index (χ1v) is 11.0.